The first-order valence-electron chi connectivity index (χ1n) is 10.1. The highest BCUT2D eigenvalue weighted by molar-refractivity contribution is 6.33. The second-order valence-corrected chi connectivity index (χ2v) is 8.28. The number of nitrogens with zero attached hydrogens (tertiary/aromatic N) is 3. The van der Waals surface area contributed by atoms with Crippen molar-refractivity contribution in [2.45, 2.75) is 18.9 Å². The molecule has 34 heavy (non-hydrogen) atoms. The zero-order valence-electron chi connectivity index (χ0n) is 18.1. The summed E-state index contributed by atoms with van der Waals surface area (Å²) in [6.07, 6.45) is 2.98. The van der Waals surface area contributed by atoms with Crippen LogP contribution in [0.5, 0.6) is 0 Å². The number of ketones is 1. The van der Waals surface area contributed by atoms with E-state index in [2.05, 4.69) is 11.1 Å². The maximum Gasteiger partial charge on any atom is 0.267 e. The quantitative estimate of drug-likeness (QED) is 0.479. The average Bonchev–Trinajstić information content (AvgIpc) is 2.81. The molecule has 0 aliphatic heterocycles. The number of pyridine rings is 2. The van der Waals surface area contributed by atoms with Crippen molar-refractivity contribution in [2.24, 2.45) is 5.73 Å². The summed E-state index contributed by atoms with van der Waals surface area (Å²) in [5, 5.41) is 9.99. The summed E-state index contributed by atoms with van der Waals surface area (Å²) >= 11 is 12.6. The van der Waals surface area contributed by atoms with Crippen molar-refractivity contribution in [3.8, 4) is 17.2 Å². The Morgan fingerprint density at radius 3 is 2.59 bits per heavy atom. The number of amides is 1. The molecule has 1 unspecified atom stereocenters. The van der Waals surface area contributed by atoms with Gasteiger partial charge in [-0.25, -0.2) is 0 Å². The number of carbonyl (C=O) groups is 2. The number of methoxy groups -OCH3 is 1. The van der Waals surface area contributed by atoms with Crippen LogP contribution >= 0.6 is 23.2 Å². The van der Waals surface area contributed by atoms with E-state index in [-0.39, 0.29) is 35.9 Å². The van der Waals surface area contributed by atoms with Crippen molar-refractivity contribution in [3.05, 3.63) is 86.0 Å². The molecule has 0 aliphatic carbocycles. The number of hydrogen-bond acceptors (Lipinski definition) is 6. The van der Waals surface area contributed by atoms with Gasteiger partial charge in [0.15, 0.2) is 5.78 Å². The molecule has 3 aromatic rings. The molecule has 1 atom stereocenters. The molecule has 2 heterocycles. The molecule has 0 saturated carbocycles. The number of carbonyl (C=O) groups excluding carboxylic acids is 2. The zero-order chi connectivity index (χ0) is 24.8. The lowest BCUT2D eigenvalue weighted by atomic mass is 9.99. The largest absolute Gasteiger partial charge is 0.385 e. The minimum atomic E-state index is -0.857. The first kappa shape index (κ1) is 25.1. The molecular weight excluding hydrogens is 479 g/mol. The number of primary amides is 1. The first-order valence-corrected chi connectivity index (χ1v) is 10.9. The van der Waals surface area contributed by atoms with Gasteiger partial charge in [0, 0.05) is 54.7 Å². The molecule has 0 radical (unpaired) electrons. The lowest BCUT2D eigenvalue weighted by molar-refractivity contribution is -0.122. The number of ether oxygens (including phenoxy) is 1. The smallest absolute Gasteiger partial charge is 0.267 e. The van der Waals surface area contributed by atoms with E-state index in [1.807, 2.05) is 0 Å². The molecule has 0 aliphatic rings. The van der Waals surface area contributed by atoms with Gasteiger partial charge in [0.1, 0.15) is 5.69 Å². The molecule has 0 saturated heterocycles. The van der Waals surface area contributed by atoms with Crippen molar-refractivity contribution in [1.82, 2.24) is 9.55 Å². The van der Waals surface area contributed by atoms with Crippen LogP contribution < -0.4 is 11.3 Å². The van der Waals surface area contributed by atoms with Gasteiger partial charge in [-0.15, -0.1) is 0 Å². The number of Topliss-reactive ketones (excluding diaryl/α,β-unsaturated/α-hetero) is 1. The fourth-order valence-electron chi connectivity index (χ4n) is 3.49. The number of aromatic nitrogens is 2. The Balaban J connectivity index is 1.98. The lowest BCUT2D eigenvalue weighted by Gasteiger charge is -2.20. The number of rotatable bonds is 9. The van der Waals surface area contributed by atoms with Gasteiger partial charge in [-0.2, -0.15) is 5.26 Å². The van der Waals surface area contributed by atoms with Gasteiger partial charge in [-0.1, -0.05) is 29.3 Å². The van der Waals surface area contributed by atoms with E-state index in [1.54, 1.807) is 24.3 Å². The van der Waals surface area contributed by atoms with E-state index in [4.69, 9.17) is 33.7 Å². The predicted molar refractivity (Wildman–Crippen MR) is 128 cm³/mol. The van der Waals surface area contributed by atoms with Gasteiger partial charge in [-0.3, -0.25) is 19.4 Å². The van der Waals surface area contributed by atoms with Crippen molar-refractivity contribution < 1.29 is 14.3 Å². The molecule has 174 valence electrons. The van der Waals surface area contributed by atoms with Crippen LogP contribution in [0.2, 0.25) is 10.0 Å². The number of nitrogens with two attached hydrogens (primary N) is 1. The Hall–Kier alpha value is -3.51. The summed E-state index contributed by atoms with van der Waals surface area (Å²) in [6.45, 7) is 0.230. The Labute approximate surface area is 205 Å². The summed E-state index contributed by atoms with van der Waals surface area (Å²) in [5.41, 5.74) is 6.44. The topological polar surface area (TPSA) is 128 Å². The average molecular weight is 499 g/mol. The van der Waals surface area contributed by atoms with E-state index in [0.717, 1.165) is 0 Å². The molecule has 2 aromatic heterocycles. The Morgan fingerprint density at radius 2 is 1.97 bits per heavy atom. The molecular formula is C24H20Cl2N4O4. The van der Waals surface area contributed by atoms with Gasteiger partial charge < -0.3 is 15.0 Å². The fraction of sp³-hybridized carbons (Fsp3) is 0.208. The van der Waals surface area contributed by atoms with Crippen LogP contribution in [0.4, 0.5) is 0 Å². The van der Waals surface area contributed by atoms with Crippen molar-refractivity contribution in [3.63, 3.8) is 0 Å². The van der Waals surface area contributed by atoms with E-state index in [1.165, 1.54) is 36.2 Å². The lowest BCUT2D eigenvalue weighted by Crippen LogP contribution is -2.31. The van der Waals surface area contributed by atoms with Crippen LogP contribution in [0.1, 0.15) is 34.1 Å². The normalized spacial score (nSPS) is 11.6. The maximum atomic E-state index is 13.2. The second kappa shape index (κ2) is 11.1. The molecule has 0 bridgehead atoms. The van der Waals surface area contributed by atoms with Crippen LogP contribution in [0.3, 0.4) is 0 Å². The monoisotopic (exact) mass is 498 g/mol. The van der Waals surface area contributed by atoms with Crippen LogP contribution in [-0.4, -0.2) is 35.0 Å². The van der Waals surface area contributed by atoms with Crippen LogP contribution in [-0.2, 0) is 16.0 Å². The van der Waals surface area contributed by atoms with Crippen LogP contribution in [0.25, 0.3) is 11.1 Å². The number of hydrogen-bond donors (Lipinski definition) is 1. The Bertz CT molecular complexity index is 1330. The standard InChI is InChI=1S/C24H20Cl2N4O4/c1-34-7-6-21(22(31)8-14-2-5-20(24(28)33)29-12-14)30-13-19(26)18(10-23(30)32)17-9-16(25)4-3-15(17)11-27/h2-5,9-10,12-13,21H,6-8H2,1H3,(H2,28,33). The molecule has 8 nitrogen and oxygen atoms in total. The SMILES string of the molecule is COCCC(C(=O)Cc1ccc(C(N)=O)nc1)n1cc(Cl)c(-c2cc(Cl)ccc2C#N)cc1=O. The van der Waals surface area contributed by atoms with Gasteiger partial charge in [-0.05, 0) is 36.2 Å². The van der Waals surface area contributed by atoms with E-state index >= 15 is 0 Å². The van der Waals surface area contributed by atoms with Gasteiger partial charge in [0.25, 0.3) is 11.5 Å². The minimum Gasteiger partial charge on any atom is -0.385 e. The third kappa shape index (κ3) is 5.69. The first-order chi connectivity index (χ1) is 16.2. The summed E-state index contributed by atoms with van der Waals surface area (Å²) in [4.78, 5) is 41.4. The number of benzene rings is 1. The molecule has 2 N–H and O–H groups in total. The van der Waals surface area contributed by atoms with E-state index < -0.39 is 17.5 Å². The van der Waals surface area contributed by atoms with Crippen LogP contribution in [0.15, 0.2) is 53.6 Å². The fourth-order valence-corrected chi connectivity index (χ4v) is 3.92. The zero-order valence-corrected chi connectivity index (χ0v) is 19.6. The second-order valence-electron chi connectivity index (χ2n) is 7.44. The van der Waals surface area contributed by atoms with E-state index in [0.29, 0.717) is 27.3 Å². The summed E-state index contributed by atoms with van der Waals surface area (Å²) in [5.74, 6) is -0.937. The summed E-state index contributed by atoms with van der Waals surface area (Å²) in [7, 11) is 1.50. The molecule has 0 spiro atoms. The van der Waals surface area contributed by atoms with E-state index in [9.17, 15) is 19.6 Å². The molecule has 0 fully saturated rings. The number of halogens is 2. The highest BCUT2D eigenvalue weighted by Gasteiger charge is 2.23. The Kier molecular flexibility index (Phi) is 8.18. The van der Waals surface area contributed by atoms with Crippen molar-refractivity contribution in [2.75, 3.05) is 13.7 Å². The van der Waals surface area contributed by atoms with Crippen LogP contribution in [0, 0.1) is 11.3 Å². The molecule has 1 aromatic carbocycles. The molecule has 10 heteroatoms. The van der Waals surface area contributed by atoms with Gasteiger partial charge >= 0.3 is 0 Å². The minimum absolute atomic E-state index is 0.0287. The highest BCUT2D eigenvalue weighted by Crippen LogP contribution is 2.32. The highest BCUT2D eigenvalue weighted by atomic mass is 35.5. The van der Waals surface area contributed by atoms with Crippen molar-refractivity contribution >= 4 is 34.9 Å². The van der Waals surface area contributed by atoms with Crippen molar-refractivity contribution in [1.29, 1.82) is 5.26 Å². The van der Waals surface area contributed by atoms with Gasteiger partial charge in [0.05, 0.1) is 22.7 Å². The Morgan fingerprint density at radius 1 is 1.21 bits per heavy atom. The maximum absolute atomic E-state index is 13.2. The molecule has 1 amide bonds. The molecule has 3 rings (SSSR count). The third-order valence-corrected chi connectivity index (χ3v) is 5.72. The predicted octanol–water partition coefficient (Wildman–Crippen LogP) is 3.58. The van der Waals surface area contributed by atoms with Gasteiger partial charge in [0.2, 0.25) is 0 Å². The summed E-state index contributed by atoms with van der Waals surface area (Å²) in [6, 6.07) is 10.2. The summed E-state index contributed by atoms with van der Waals surface area (Å²) < 4.78 is 6.39. The third-order valence-electron chi connectivity index (χ3n) is 5.18. The number of nitriles is 1.